The minimum atomic E-state index is 0.382. The first kappa shape index (κ1) is 11.7. The van der Waals surface area contributed by atoms with Gasteiger partial charge >= 0.3 is 0 Å². The third-order valence-electron chi connectivity index (χ3n) is 5.69. The molecule has 4 saturated carbocycles. The predicted octanol–water partition coefficient (Wildman–Crippen LogP) is 1.54. The normalized spacial score (nSPS) is 39.9. The molecule has 4 bridgehead atoms. The Morgan fingerprint density at radius 2 is 1.68 bits per heavy atom. The highest BCUT2D eigenvalue weighted by molar-refractivity contribution is 5.33. The lowest BCUT2D eigenvalue weighted by Gasteiger charge is -2.56. The molecule has 1 aromatic heterocycles. The highest BCUT2D eigenvalue weighted by Crippen LogP contribution is 2.60. The molecule has 0 radical (unpaired) electrons. The molecule has 0 aliphatic heterocycles. The van der Waals surface area contributed by atoms with E-state index >= 15 is 0 Å². The van der Waals surface area contributed by atoms with Gasteiger partial charge in [0, 0.05) is 6.54 Å². The molecular weight excluding hydrogens is 238 g/mol. The van der Waals surface area contributed by atoms with Gasteiger partial charge in [-0.1, -0.05) is 5.21 Å². The molecular formula is C14H23N5. The molecule has 1 heterocycles. The van der Waals surface area contributed by atoms with E-state index in [0.29, 0.717) is 17.8 Å². The lowest BCUT2D eigenvalue weighted by atomic mass is 9.49. The van der Waals surface area contributed by atoms with Gasteiger partial charge in [0.25, 0.3) is 0 Å². The molecule has 0 atom stereocenters. The Morgan fingerprint density at radius 1 is 1.11 bits per heavy atom. The maximum absolute atomic E-state index is 6.10. The monoisotopic (exact) mass is 261 g/mol. The molecule has 0 saturated heterocycles. The Bertz CT molecular complexity index is 457. The van der Waals surface area contributed by atoms with E-state index in [0.717, 1.165) is 30.0 Å². The Labute approximate surface area is 113 Å². The van der Waals surface area contributed by atoms with Gasteiger partial charge in [0.05, 0.1) is 6.54 Å². The van der Waals surface area contributed by atoms with Gasteiger partial charge < -0.3 is 11.5 Å². The summed E-state index contributed by atoms with van der Waals surface area (Å²) in [6, 6.07) is 0. The summed E-state index contributed by atoms with van der Waals surface area (Å²) >= 11 is 0. The average Bonchev–Trinajstić information content (AvgIpc) is 2.68. The highest BCUT2D eigenvalue weighted by atomic mass is 15.5. The minimum Gasteiger partial charge on any atom is -0.382 e. The van der Waals surface area contributed by atoms with Crippen LogP contribution in [0.25, 0.3) is 0 Å². The second kappa shape index (κ2) is 3.95. The van der Waals surface area contributed by atoms with Crippen LogP contribution in [0.2, 0.25) is 0 Å². The summed E-state index contributed by atoms with van der Waals surface area (Å²) in [5.41, 5.74) is 12.9. The molecule has 4 aliphatic rings. The van der Waals surface area contributed by atoms with Crippen LogP contribution in [0.5, 0.6) is 0 Å². The van der Waals surface area contributed by atoms with Crippen molar-refractivity contribution in [3.8, 4) is 0 Å². The highest BCUT2D eigenvalue weighted by Gasteiger charge is 2.51. The van der Waals surface area contributed by atoms with E-state index in [9.17, 15) is 0 Å². The van der Waals surface area contributed by atoms with Crippen LogP contribution in [0.3, 0.4) is 0 Å². The maximum Gasteiger partial charge on any atom is 0.146 e. The molecule has 4 fully saturated rings. The Morgan fingerprint density at radius 3 is 2.16 bits per heavy atom. The van der Waals surface area contributed by atoms with Gasteiger partial charge in [0.15, 0.2) is 0 Å². The summed E-state index contributed by atoms with van der Waals surface area (Å²) in [6.07, 6.45) is 8.53. The number of nitrogens with two attached hydrogens (primary N) is 2. The zero-order chi connectivity index (χ0) is 13.0. The second-order valence-corrected chi connectivity index (χ2v) is 7.20. The number of aromatic nitrogens is 3. The molecule has 104 valence electrons. The van der Waals surface area contributed by atoms with Crippen molar-refractivity contribution >= 4 is 5.82 Å². The topological polar surface area (TPSA) is 82.8 Å². The molecule has 0 unspecified atom stereocenters. The zero-order valence-corrected chi connectivity index (χ0v) is 11.4. The van der Waals surface area contributed by atoms with Crippen molar-refractivity contribution in [1.82, 2.24) is 15.0 Å². The van der Waals surface area contributed by atoms with Crippen molar-refractivity contribution in [2.75, 3.05) is 5.73 Å². The van der Waals surface area contributed by atoms with Gasteiger partial charge in [-0.25, -0.2) is 4.68 Å². The van der Waals surface area contributed by atoms with Gasteiger partial charge in [-0.2, -0.15) is 0 Å². The van der Waals surface area contributed by atoms with Gasteiger partial charge in [0.2, 0.25) is 0 Å². The van der Waals surface area contributed by atoms with Crippen molar-refractivity contribution in [2.24, 2.45) is 28.9 Å². The van der Waals surface area contributed by atoms with Crippen molar-refractivity contribution in [2.45, 2.75) is 51.6 Å². The first-order valence-electron chi connectivity index (χ1n) is 7.55. The second-order valence-electron chi connectivity index (χ2n) is 7.20. The standard InChI is InChI=1S/C14H23N5/c15-7-12-13(16)19(18-17-12)8-14-4-9-1-10(5-14)3-11(2-9)6-14/h9-11H,1-8,15-16H2. The van der Waals surface area contributed by atoms with E-state index in [1.54, 1.807) is 0 Å². The van der Waals surface area contributed by atoms with E-state index < -0.39 is 0 Å². The molecule has 4 aliphatic carbocycles. The van der Waals surface area contributed by atoms with Crippen LogP contribution < -0.4 is 11.5 Å². The molecule has 4 N–H and O–H groups in total. The van der Waals surface area contributed by atoms with Crippen LogP contribution in [0, 0.1) is 23.2 Å². The summed E-state index contributed by atoms with van der Waals surface area (Å²) in [5, 5.41) is 8.32. The van der Waals surface area contributed by atoms with Gasteiger partial charge in [-0.3, -0.25) is 0 Å². The van der Waals surface area contributed by atoms with Crippen LogP contribution in [0.4, 0.5) is 5.82 Å². The van der Waals surface area contributed by atoms with Crippen molar-refractivity contribution < 1.29 is 0 Å². The quantitative estimate of drug-likeness (QED) is 0.864. The molecule has 5 nitrogen and oxygen atoms in total. The molecule has 0 spiro atoms. The molecule has 5 rings (SSSR count). The van der Waals surface area contributed by atoms with Gasteiger partial charge in [-0.05, 0) is 61.7 Å². The number of hydrogen-bond acceptors (Lipinski definition) is 4. The van der Waals surface area contributed by atoms with Gasteiger partial charge in [0.1, 0.15) is 11.5 Å². The smallest absolute Gasteiger partial charge is 0.146 e. The van der Waals surface area contributed by atoms with Crippen LogP contribution in [0.15, 0.2) is 0 Å². The Hall–Kier alpha value is -1.10. The van der Waals surface area contributed by atoms with Crippen LogP contribution >= 0.6 is 0 Å². The fourth-order valence-electron chi connectivity index (χ4n) is 5.42. The summed E-state index contributed by atoms with van der Waals surface area (Å²) in [6.45, 7) is 1.34. The van der Waals surface area contributed by atoms with E-state index in [4.69, 9.17) is 11.5 Å². The summed E-state index contributed by atoms with van der Waals surface area (Å²) in [5.74, 6) is 3.57. The third kappa shape index (κ3) is 1.78. The number of nitrogen functional groups attached to an aromatic ring is 1. The number of rotatable bonds is 3. The van der Waals surface area contributed by atoms with Gasteiger partial charge in [-0.15, -0.1) is 5.10 Å². The van der Waals surface area contributed by atoms with Crippen molar-refractivity contribution in [1.29, 1.82) is 0 Å². The van der Waals surface area contributed by atoms with Crippen LogP contribution in [0.1, 0.15) is 44.2 Å². The number of nitrogens with zero attached hydrogens (tertiary/aromatic N) is 3. The fraction of sp³-hybridized carbons (Fsp3) is 0.857. The summed E-state index contributed by atoms with van der Waals surface area (Å²) < 4.78 is 1.91. The van der Waals surface area contributed by atoms with E-state index in [1.165, 1.54) is 38.5 Å². The molecule has 0 amide bonds. The zero-order valence-electron chi connectivity index (χ0n) is 11.4. The maximum atomic E-state index is 6.10. The van der Waals surface area contributed by atoms with E-state index in [1.807, 2.05) is 4.68 Å². The first-order chi connectivity index (χ1) is 9.17. The summed E-state index contributed by atoms with van der Waals surface area (Å²) in [4.78, 5) is 0. The number of anilines is 1. The SMILES string of the molecule is NCc1nnn(CC23CC4CC(CC(C4)C2)C3)c1N. The minimum absolute atomic E-state index is 0.382. The largest absolute Gasteiger partial charge is 0.382 e. The van der Waals surface area contributed by atoms with E-state index in [2.05, 4.69) is 10.3 Å². The Kier molecular flexibility index (Phi) is 2.43. The lowest BCUT2D eigenvalue weighted by molar-refractivity contribution is -0.0634. The molecule has 0 aromatic carbocycles. The van der Waals surface area contributed by atoms with Crippen molar-refractivity contribution in [3.63, 3.8) is 0 Å². The first-order valence-corrected chi connectivity index (χ1v) is 7.55. The lowest BCUT2D eigenvalue weighted by Crippen LogP contribution is -2.48. The third-order valence-corrected chi connectivity index (χ3v) is 5.69. The van der Waals surface area contributed by atoms with Crippen molar-refractivity contribution in [3.05, 3.63) is 5.69 Å². The van der Waals surface area contributed by atoms with E-state index in [-0.39, 0.29) is 0 Å². The molecule has 1 aromatic rings. The summed E-state index contributed by atoms with van der Waals surface area (Å²) in [7, 11) is 0. The average molecular weight is 261 g/mol. The van der Waals surface area contributed by atoms with Crippen LogP contribution in [-0.4, -0.2) is 15.0 Å². The Balaban J connectivity index is 1.60. The fourth-order valence-corrected chi connectivity index (χ4v) is 5.42. The predicted molar refractivity (Wildman–Crippen MR) is 72.9 cm³/mol. The molecule has 5 heteroatoms. The number of hydrogen-bond donors (Lipinski definition) is 2. The van der Waals surface area contributed by atoms with Crippen LogP contribution in [-0.2, 0) is 13.1 Å². The molecule has 19 heavy (non-hydrogen) atoms.